The summed E-state index contributed by atoms with van der Waals surface area (Å²) in [6, 6.07) is 0. The molecule has 1 amide bonds. The van der Waals surface area contributed by atoms with Gasteiger partial charge in [0.15, 0.2) is 0 Å². The van der Waals surface area contributed by atoms with Crippen LogP contribution >= 0.6 is 0 Å². The minimum atomic E-state index is -0.144. The van der Waals surface area contributed by atoms with E-state index in [9.17, 15) is 4.79 Å². The molecule has 0 aromatic heterocycles. The standard InChI is InChI=1S/C4H7NO.CH4O/c1-3-4(6)5-2;1-2/h3H,1H2,2H3,(H,5,6);2H,1H3. The van der Waals surface area contributed by atoms with Gasteiger partial charge in [0.1, 0.15) is 0 Å². The highest BCUT2D eigenvalue weighted by Gasteiger charge is 1.78. The highest BCUT2D eigenvalue weighted by molar-refractivity contribution is 5.86. The summed E-state index contributed by atoms with van der Waals surface area (Å²) < 4.78 is 0. The first-order valence-electron chi connectivity index (χ1n) is 2.10. The molecule has 0 fully saturated rings. The van der Waals surface area contributed by atoms with Crippen LogP contribution in [0.25, 0.3) is 0 Å². The van der Waals surface area contributed by atoms with E-state index >= 15 is 0 Å². The van der Waals surface area contributed by atoms with Crippen LogP contribution in [0.15, 0.2) is 12.7 Å². The molecule has 0 aliphatic carbocycles. The maximum atomic E-state index is 9.95. The number of carbonyl (C=O) groups is 1. The van der Waals surface area contributed by atoms with Crippen LogP contribution in [0.5, 0.6) is 0 Å². The molecule has 3 nitrogen and oxygen atoms in total. The highest BCUT2D eigenvalue weighted by Crippen LogP contribution is 1.56. The number of aliphatic hydroxyl groups excluding tert-OH is 1. The van der Waals surface area contributed by atoms with E-state index in [-0.39, 0.29) is 5.91 Å². The third kappa shape index (κ3) is 8.95. The number of nitrogens with one attached hydrogen (secondary N) is 1. The first-order valence-corrected chi connectivity index (χ1v) is 2.10. The van der Waals surface area contributed by atoms with E-state index in [1.54, 1.807) is 7.05 Å². The Morgan fingerprint density at radius 2 is 2.12 bits per heavy atom. The Morgan fingerprint density at radius 3 is 2.12 bits per heavy atom. The topological polar surface area (TPSA) is 49.3 Å². The van der Waals surface area contributed by atoms with Crippen LogP contribution in [0.1, 0.15) is 0 Å². The molecule has 3 heteroatoms. The minimum Gasteiger partial charge on any atom is -0.400 e. The molecular formula is C5H11NO2. The fraction of sp³-hybridized carbons (Fsp3) is 0.400. The normalized spacial score (nSPS) is 5.88. The van der Waals surface area contributed by atoms with Crippen LogP contribution in [0.2, 0.25) is 0 Å². The largest absolute Gasteiger partial charge is 0.400 e. The predicted molar refractivity (Wildman–Crippen MR) is 32.4 cm³/mol. The van der Waals surface area contributed by atoms with Crippen molar-refractivity contribution in [2.75, 3.05) is 14.2 Å². The molecule has 0 heterocycles. The Labute approximate surface area is 49.0 Å². The second-order valence-corrected chi connectivity index (χ2v) is 0.818. The smallest absolute Gasteiger partial charge is 0.243 e. The fourth-order valence-corrected chi connectivity index (χ4v) is 0.102. The molecule has 0 saturated heterocycles. The molecule has 48 valence electrons. The molecule has 8 heavy (non-hydrogen) atoms. The van der Waals surface area contributed by atoms with Gasteiger partial charge in [0, 0.05) is 14.2 Å². The van der Waals surface area contributed by atoms with Crippen LogP contribution in [0, 0.1) is 0 Å². The van der Waals surface area contributed by atoms with Crippen molar-refractivity contribution in [1.29, 1.82) is 0 Å². The number of carbonyl (C=O) groups excluding carboxylic acids is 1. The van der Waals surface area contributed by atoms with E-state index in [0.29, 0.717) is 0 Å². The molecule has 0 unspecified atom stereocenters. The van der Waals surface area contributed by atoms with Gasteiger partial charge in [-0.05, 0) is 6.08 Å². The van der Waals surface area contributed by atoms with E-state index in [2.05, 4.69) is 11.9 Å². The van der Waals surface area contributed by atoms with Crippen molar-refractivity contribution >= 4 is 5.91 Å². The van der Waals surface area contributed by atoms with E-state index < -0.39 is 0 Å². The van der Waals surface area contributed by atoms with Gasteiger partial charge in [0.05, 0.1) is 0 Å². The molecule has 0 aliphatic rings. The molecule has 0 saturated carbocycles. The lowest BCUT2D eigenvalue weighted by molar-refractivity contribution is -0.116. The summed E-state index contributed by atoms with van der Waals surface area (Å²) in [7, 11) is 2.56. The average Bonchev–Trinajstić information content (AvgIpc) is 1.91. The lowest BCUT2D eigenvalue weighted by atomic mass is 10.6. The summed E-state index contributed by atoms with van der Waals surface area (Å²) in [6.45, 7) is 3.22. The van der Waals surface area contributed by atoms with Crippen molar-refractivity contribution in [1.82, 2.24) is 5.32 Å². The Kier molecular flexibility index (Phi) is 12.1. The van der Waals surface area contributed by atoms with E-state index in [1.807, 2.05) is 0 Å². The van der Waals surface area contributed by atoms with Crippen molar-refractivity contribution in [3.8, 4) is 0 Å². The number of aliphatic hydroxyl groups is 1. The second kappa shape index (κ2) is 9.48. The van der Waals surface area contributed by atoms with E-state index in [1.165, 1.54) is 6.08 Å². The average molecular weight is 117 g/mol. The highest BCUT2D eigenvalue weighted by atomic mass is 16.2. The molecule has 2 N–H and O–H groups in total. The maximum absolute atomic E-state index is 9.95. The molecule has 0 spiro atoms. The zero-order valence-electron chi connectivity index (χ0n) is 5.14. The SMILES string of the molecule is C=CC(=O)NC.CO. The third-order valence-corrected chi connectivity index (χ3v) is 0.432. The monoisotopic (exact) mass is 117 g/mol. The van der Waals surface area contributed by atoms with Crippen molar-refractivity contribution in [2.45, 2.75) is 0 Å². The Hall–Kier alpha value is -0.830. The van der Waals surface area contributed by atoms with Crippen LogP contribution in [0.3, 0.4) is 0 Å². The Bertz CT molecular complexity index is 70.8. The lowest BCUT2D eigenvalue weighted by Crippen LogP contribution is -2.13. The quantitative estimate of drug-likeness (QED) is 0.456. The molecule has 0 aliphatic heterocycles. The summed E-state index contributed by atoms with van der Waals surface area (Å²) >= 11 is 0. The zero-order valence-corrected chi connectivity index (χ0v) is 5.14. The molecule has 0 atom stereocenters. The lowest BCUT2D eigenvalue weighted by Gasteiger charge is -1.82. The summed E-state index contributed by atoms with van der Waals surface area (Å²) in [5.74, 6) is -0.144. The molecule has 0 aromatic carbocycles. The molecule has 0 rings (SSSR count). The van der Waals surface area contributed by atoms with Gasteiger partial charge in [-0.25, -0.2) is 0 Å². The second-order valence-electron chi connectivity index (χ2n) is 0.818. The van der Waals surface area contributed by atoms with Crippen molar-refractivity contribution in [3.63, 3.8) is 0 Å². The van der Waals surface area contributed by atoms with Crippen LogP contribution < -0.4 is 5.32 Å². The van der Waals surface area contributed by atoms with Crippen molar-refractivity contribution < 1.29 is 9.90 Å². The number of hydrogen-bond acceptors (Lipinski definition) is 2. The Balaban J connectivity index is 0. The van der Waals surface area contributed by atoms with Crippen LogP contribution in [0.4, 0.5) is 0 Å². The van der Waals surface area contributed by atoms with Gasteiger partial charge in [-0.2, -0.15) is 0 Å². The number of amides is 1. The van der Waals surface area contributed by atoms with Crippen LogP contribution in [-0.2, 0) is 4.79 Å². The van der Waals surface area contributed by atoms with E-state index in [0.717, 1.165) is 7.11 Å². The summed E-state index contributed by atoms with van der Waals surface area (Å²) in [5.41, 5.74) is 0. The number of likely N-dealkylation sites (N-methyl/N-ethyl adjacent to an activating group) is 1. The summed E-state index contributed by atoms with van der Waals surface area (Å²) in [4.78, 5) is 9.95. The van der Waals surface area contributed by atoms with Gasteiger partial charge in [-0.1, -0.05) is 6.58 Å². The zero-order chi connectivity index (χ0) is 6.99. The maximum Gasteiger partial charge on any atom is 0.243 e. The molecule has 0 bridgehead atoms. The first-order chi connectivity index (χ1) is 3.81. The summed E-state index contributed by atoms with van der Waals surface area (Å²) in [6.07, 6.45) is 1.22. The van der Waals surface area contributed by atoms with Gasteiger partial charge in [0.2, 0.25) is 5.91 Å². The predicted octanol–water partition coefficient (Wildman–Crippen LogP) is -0.473. The fourth-order valence-electron chi connectivity index (χ4n) is 0.102. The molecule has 0 aromatic rings. The van der Waals surface area contributed by atoms with Gasteiger partial charge < -0.3 is 10.4 Å². The Morgan fingerprint density at radius 1 is 1.75 bits per heavy atom. The number of rotatable bonds is 1. The molecule has 0 radical (unpaired) electrons. The minimum absolute atomic E-state index is 0.144. The van der Waals surface area contributed by atoms with Crippen LogP contribution in [-0.4, -0.2) is 25.2 Å². The van der Waals surface area contributed by atoms with E-state index in [4.69, 9.17) is 5.11 Å². The van der Waals surface area contributed by atoms with Gasteiger partial charge in [-0.3, -0.25) is 4.79 Å². The van der Waals surface area contributed by atoms with Crippen molar-refractivity contribution in [3.05, 3.63) is 12.7 Å². The first kappa shape index (κ1) is 10.2. The van der Waals surface area contributed by atoms with Gasteiger partial charge in [0.25, 0.3) is 0 Å². The summed E-state index contributed by atoms with van der Waals surface area (Å²) in [5, 5.41) is 9.36. The van der Waals surface area contributed by atoms with Crippen molar-refractivity contribution in [2.24, 2.45) is 0 Å². The molecular weight excluding hydrogens is 106 g/mol. The number of hydrogen-bond donors (Lipinski definition) is 2. The van der Waals surface area contributed by atoms with Gasteiger partial charge in [-0.15, -0.1) is 0 Å². The third-order valence-electron chi connectivity index (χ3n) is 0.432. The van der Waals surface area contributed by atoms with Gasteiger partial charge >= 0.3 is 0 Å².